The van der Waals surface area contributed by atoms with Crippen molar-refractivity contribution in [1.82, 2.24) is 14.9 Å². The van der Waals surface area contributed by atoms with Crippen LogP contribution in [-0.2, 0) is 11.2 Å². The molecule has 1 fully saturated rings. The zero-order valence-corrected chi connectivity index (χ0v) is 20.9. The molecule has 4 aromatic rings. The number of carbonyl (C=O) groups is 2. The first-order valence-electron chi connectivity index (χ1n) is 11.1. The van der Waals surface area contributed by atoms with Crippen LogP contribution in [0.1, 0.15) is 21.5 Å². The lowest BCUT2D eigenvalue weighted by Crippen LogP contribution is -2.30. The summed E-state index contributed by atoms with van der Waals surface area (Å²) >= 11 is 6.76. The number of benzene rings is 3. The number of aromatic carboxylic acids is 1. The van der Waals surface area contributed by atoms with E-state index < -0.39 is 5.97 Å². The lowest BCUT2D eigenvalue weighted by molar-refractivity contribution is -0.122. The summed E-state index contributed by atoms with van der Waals surface area (Å²) in [5.74, 6) is -0.372. The topological polar surface area (TPSA) is 95.5 Å². The van der Waals surface area contributed by atoms with Crippen LogP contribution in [-0.4, -0.2) is 49.8 Å². The average Bonchev–Trinajstić information content (AvgIpc) is 3.46. The Hall–Kier alpha value is -3.95. The van der Waals surface area contributed by atoms with Gasteiger partial charge >= 0.3 is 5.97 Å². The monoisotopic (exact) mass is 515 g/mol. The van der Waals surface area contributed by atoms with Gasteiger partial charge in [-0.15, -0.1) is 0 Å². The quantitative estimate of drug-likeness (QED) is 0.252. The molecule has 0 bridgehead atoms. The van der Waals surface area contributed by atoms with Crippen molar-refractivity contribution < 1.29 is 19.4 Å². The van der Waals surface area contributed by atoms with Crippen LogP contribution in [0.4, 0.5) is 0 Å². The second-order valence-corrected chi connectivity index (χ2v) is 9.86. The van der Waals surface area contributed by atoms with Crippen LogP contribution in [0.3, 0.4) is 0 Å². The van der Waals surface area contributed by atoms with Gasteiger partial charge in [0.2, 0.25) is 0 Å². The number of carbonyl (C=O) groups excluding carboxylic acids is 1. The lowest BCUT2D eigenvalue weighted by atomic mass is 10.0. The van der Waals surface area contributed by atoms with Crippen molar-refractivity contribution in [3.63, 3.8) is 0 Å². The highest BCUT2D eigenvalue weighted by molar-refractivity contribution is 8.26. The average molecular weight is 516 g/mol. The number of nitrogens with one attached hydrogen (secondary N) is 1. The summed E-state index contributed by atoms with van der Waals surface area (Å²) in [6.07, 6.45) is 4.08. The second kappa shape index (κ2) is 9.96. The van der Waals surface area contributed by atoms with Crippen molar-refractivity contribution in [3.8, 4) is 16.9 Å². The Morgan fingerprint density at radius 1 is 1.17 bits per heavy atom. The van der Waals surface area contributed by atoms with Gasteiger partial charge in [-0.2, -0.15) is 0 Å². The number of nitrogens with zero attached hydrogens (tertiary/aromatic N) is 2. The maximum Gasteiger partial charge on any atom is 0.335 e. The standard InChI is InChI=1S/C27H21N3O4S2/c1-34-23-9-4-17(12-20(23)19-7-8-21-22(14-19)29-15-28-21)13-24-25(31)30(27(35)36-24)11-10-16-2-5-18(6-3-16)26(32)33/h2-9,12-15H,10-11H2,1H3,(H,28,29)(H,32,33). The van der Waals surface area contributed by atoms with Crippen LogP contribution in [0.25, 0.3) is 28.2 Å². The Balaban J connectivity index is 1.36. The van der Waals surface area contributed by atoms with Crippen LogP contribution in [0.15, 0.2) is 71.9 Å². The Morgan fingerprint density at radius 3 is 2.72 bits per heavy atom. The van der Waals surface area contributed by atoms with Crippen molar-refractivity contribution in [1.29, 1.82) is 0 Å². The molecular formula is C27H21N3O4S2. The molecule has 1 amide bonds. The van der Waals surface area contributed by atoms with Crippen molar-refractivity contribution in [3.05, 3.63) is 88.6 Å². The maximum atomic E-state index is 13.1. The van der Waals surface area contributed by atoms with E-state index in [2.05, 4.69) is 9.97 Å². The summed E-state index contributed by atoms with van der Waals surface area (Å²) in [5, 5.41) is 9.05. The number of thiocarbonyl (C=S) groups is 1. The van der Waals surface area contributed by atoms with Crippen molar-refractivity contribution in [2.45, 2.75) is 6.42 Å². The fraction of sp³-hybridized carbons (Fsp3) is 0.111. The van der Waals surface area contributed by atoms with Crippen LogP contribution in [0.5, 0.6) is 5.75 Å². The van der Waals surface area contributed by atoms with Crippen molar-refractivity contribution in [2.24, 2.45) is 0 Å². The molecule has 0 unspecified atom stereocenters. The highest BCUT2D eigenvalue weighted by atomic mass is 32.2. The van der Waals surface area contributed by atoms with E-state index in [4.69, 9.17) is 22.1 Å². The number of fused-ring (bicyclic) bond motifs is 1. The summed E-state index contributed by atoms with van der Waals surface area (Å²) in [5.41, 5.74) is 5.72. The Bertz CT molecular complexity index is 1530. The van der Waals surface area contributed by atoms with Crippen LogP contribution in [0, 0.1) is 0 Å². The van der Waals surface area contributed by atoms with E-state index in [0.29, 0.717) is 22.2 Å². The molecule has 5 rings (SSSR count). The van der Waals surface area contributed by atoms with Crippen molar-refractivity contribution in [2.75, 3.05) is 13.7 Å². The minimum atomic E-state index is -0.966. The third kappa shape index (κ3) is 4.75. The number of carboxylic acid groups (broad SMARTS) is 1. The molecule has 0 spiro atoms. The summed E-state index contributed by atoms with van der Waals surface area (Å²) < 4.78 is 6.09. The van der Waals surface area contributed by atoms with E-state index in [0.717, 1.165) is 39.0 Å². The van der Waals surface area contributed by atoms with Gasteiger partial charge in [0, 0.05) is 12.1 Å². The number of hydrogen-bond donors (Lipinski definition) is 2. The largest absolute Gasteiger partial charge is 0.496 e. The second-order valence-electron chi connectivity index (χ2n) is 8.18. The number of hydrogen-bond acceptors (Lipinski definition) is 6. The van der Waals surface area contributed by atoms with Gasteiger partial charge in [-0.3, -0.25) is 9.69 Å². The van der Waals surface area contributed by atoms with E-state index in [9.17, 15) is 9.59 Å². The molecule has 9 heteroatoms. The molecule has 0 atom stereocenters. The normalized spacial score (nSPS) is 14.7. The predicted octanol–water partition coefficient (Wildman–Crippen LogP) is 5.38. The molecule has 1 aromatic heterocycles. The number of rotatable bonds is 7. The lowest BCUT2D eigenvalue weighted by Gasteiger charge is -2.14. The Kier molecular flexibility index (Phi) is 6.58. The molecule has 2 N–H and O–H groups in total. The molecule has 3 aromatic carbocycles. The van der Waals surface area contributed by atoms with Crippen LogP contribution in [0.2, 0.25) is 0 Å². The van der Waals surface area contributed by atoms with E-state index in [1.807, 2.05) is 42.5 Å². The number of carboxylic acids is 1. The number of methoxy groups -OCH3 is 1. The molecule has 180 valence electrons. The molecule has 0 saturated carbocycles. The van der Waals surface area contributed by atoms with Crippen LogP contribution < -0.4 is 4.74 Å². The molecule has 0 radical (unpaired) electrons. The van der Waals surface area contributed by atoms with E-state index in [1.165, 1.54) is 11.8 Å². The first-order valence-corrected chi connectivity index (χ1v) is 12.3. The minimum absolute atomic E-state index is 0.136. The summed E-state index contributed by atoms with van der Waals surface area (Å²) in [6.45, 7) is 0.423. The maximum absolute atomic E-state index is 13.1. The molecule has 1 saturated heterocycles. The SMILES string of the molecule is COc1ccc(C=C2SC(=S)N(CCc3ccc(C(=O)O)cc3)C2=O)cc1-c1ccc2nc[nH]c2c1. The molecule has 1 aliphatic heterocycles. The van der Waals surface area contributed by atoms with Crippen molar-refractivity contribution >= 4 is 57.3 Å². The molecular weight excluding hydrogens is 494 g/mol. The van der Waals surface area contributed by atoms with Gasteiger partial charge in [0.15, 0.2) is 0 Å². The highest BCUT2D eigenvalue weighted by Crippen LogP contribution is 2.36. The number of thioether (sulfide) groups is 1. The van der Waals surface area contributed by atoms with E-state index in [-0.39, 0.29) is 11.5 Å². The number of aromatic amines is 1. The predicted molar refractivity (Wildman–Crippen MR) is 145 cm³/mol. The number of imidazole rings is 1. The number of amides is 1. The number of aromatic nitrogens is 2. The first kappa shape index (κ1) is 23.8. The zero-order chi connectivity index (χ0) is 25.2. The fourth-order valence-corrected chi connectivity index (χ4v) is 5.35. The minimum Gasteiger partial charge on any atom is -0.496 e. The third-order valence-electron chi connectivity index (χ3n) is 5.95. The van der Waals surface area contributed by atoms with Gasteiger partial charge < -0.3 is 14.8 Å². The molecule has 0 aliphatic carbocycles. The molecule has 36 heavy (non-hydrogen) atoms. The van der Waals surface area contributed by atoms with Crippen LogP contribution >= 0.6 is 24.0 Å². The zero-order valence-electron chi connectivity index (χ0n) is 19.2. The van der Waals surface area contributed by atoms with Gasteiger partial charge in [-0.05, 0) is 65.6 Å². The molecule has 7 nitrogen and oxygen atoms in total. The summed E-state index contributed by atoms with van der Waals surface area (Å²) in [7, 11) is 1.63. The molecule has 2 heterocycles. The van der Waals surface area contributed by atoms with E-state index >= 15 is 0 Å². The summed E-state index contributed by atoms with van der Waals surface area (Å²) in [6, 6.07) is 18.4. The van der Waals surface area contributed by atoms with Gasteiger partial charge in [-0.25, -0.2) is 9.78 Å². The Morgan fingerprint density at radius 2 is 1.97 bits per heavy atom. The Labute approximate surface area is 216 Å². The van der Waals surface area contributed by atoms with Gasteiger partial charge in [0.05, 0.1) is 34.9 Å². The fourth-order valence-electron chi connectivity index (χ4n) is 4.04. The molecule has 1 aliphatic rings. The van der Waals surface area contributed by atoms with Gasteiger partial charge in [0.1, 0.15) is 10.1 Å². The van der Waals surface area contributed by atoms with Gasteiger partial charge in [0.25, 0.3) is 5.91 Å². The summed E-state index contributed by atoms with van der Waals surface area (Å²) in [4.78, 5) is 33.7. The number of ether oxygens (including phenoxy) is 1. The first-order chi connectivity index (χ1) is 17.4. The van der Waals surface area contributed by atoms with E-state index in [1.54, 1.807) is 42.6 Å². The van der Waals surface area contributed by atoms with Gasteiger partial charge in [-0.1, -0.05) is 48.2 Å². The highest BCUT2D eigenvalue weighted by Gasteiger charge is 2.31. The smallest absolute Gasteiger partial charge is 0.335 e. The third-order valence-corrected chi connectivity index (χ3v) is 7.33. The number of H-pyrrole nitrogens is 1.